The molecule has 112 valence electrons. The topological polar surface area (TPSA) is 46.9 Å². The summed E-state index contributed by atoms with van der Waals surface area (Å²) in [4.78, 5) is 11.9. The summed E-state index contributed by atoms with van der Waals surface area (Å²) in [5.41, 5.74) is 2.66. The number of rotatable bonds is 4. The van der Waals surface area contributed by atoms with Crippen LogP contribution in [-0.4, -0.2) is 15.7 Å². The lowest BCUT2D eigenvalue weighted by Crippen LogP contribution is -2.15. The monoisotopic (exact) mass is 285 g/mol. The average molecular weight is 285 g/mol. The second kappa shape index (κ2) is 6.12. The molecule has 0 atom stereocenters. The fourth-order valence-corrected chi connectivity index (χ4v) is 2.13. The van der Waals surface area contributed by atoms with Crippen molar-refractivity contribution in [2.75, 3.05) is 5.32 Å². The van der Waals surface area contributed by atoms with Crippen molar-refractivity contribution in [1.82, 2.24) is 9.78 Å². The van der Waals surface area contributed by atoms with Gasteiger partial charge in [-0.05, 0) is 23.0 Å². The van der Waals surface area contributed by atoms with E-state index in [1.54, 1.807) is 24.0 Å². The fraction of sp³-hybridized carbons (Fsp3) is 0.412. The first kappa shape index (κ1) is 15.3. The Bertz CT molecular complexity index is 606. The molecule has 2 aromatic rings. The van der Waals surface area contributed by atoms with Crippen LogP contribution in [-0.2, 0) is 23.7 Å². The maximum atomic E-state index is 11.9. The quantitative estimate of drug-likeness (QED) is 0.937. The first-order valence-electron chi connectivity index (χ1n) is 7.23. The van der Waals surface area contributed by atoms with Gasteiger partial charge >= 0.3 is 0 Å². The standard InChI is InChI=1S/C17H23N3O/c1-17(2,3)14-8-5-13(6-9-14)7-10-16(21)19-15-11-12-18-20(15)4/h5-6,8-9,11-12H,7,10H2,1-4H3,(H,19,21). The largest absolute Gasteiger partial charge is 0.311 e. The van der Waals surface area contributed by atoms with Crippen LogP contribution in [0.2, 0.25) is 0 Å². The van der Waals surface area contributed by atoms with E-state index in [9.17, 15) is 4.79 Å². The third kappa shape index (κ3) is 4.18. The van der Waals surface area contributed by atoms with Crippen LogP contribution < -0.4 is 5.32 Å². The predicted molar refractivity (Wildman–Crippen MR) is 85.3 cm³/mol. The van der Waals surface area contributed by atoms with E-state index in [0.717, 1.165) is 12.2 Å². The SMILES string of the molecule is Cn1nccc1NC(=O)CCc1ccc(C(C)(C)C)cc1. The van der Waals surface area contributed by atoms with E-state index >= 15 is 0 Å². The van der Waals surface area contributed by atoms with E-state index < -0.39 is 0 Å². The molecule has 1 N–H and O–H groups in total. The first-order valence-corrected chi connectivity index (χ1v) is 7.23. The maximum absolute atomic E-state index is 11.9. The summed E-state index contributed by atoms with van der Waals surface area (Å²) in [5.74, 6) is 0.738. The van der Waals surface area contributed by atoms with Crippen molar-refractivity contribution in [2.45, 2.75) is 39.0 Å². The molecule has 0 radical (unpaired) electrons. The van der Waals surface area contributed by atoms with Crippen LogP contribution in [0, 0.1) is 0 Å². The van der Waals surface area contributed by atoms with Crippen LogP contribution in [0.25, 0.3) is 0 Å². The number of benzene rings is 1. The Kier molecular flexibility index (Phi) is 4.46. The molecular formula is C17H23N3O. The summed E-state index contributed by atoms with van der Waals surface area (Å²) < 4.78 is 1.65. The number of carbonyl (C=O) groups excluding carboxylic acids is 1. The third-order valence-corrected chi connectivity index (χ3v) is 3.55. The molecule has 0 spiro atoms. The minimum atomic E-state index is 0.0125. The molecule has 0 unspecified atom stereocenters. The Morgan fingerprint density at radius 1 is 1.19 bits per heavy atom. The summed E-state index contributed by atoms with van der Waals surface area (Å²) in [7, 11) is 1.81. The zero-order valence-electron chi connectivity index (χ0n) is 13.2. The highest BCUT2D eigenvalue weighted by Crippen LogP contribution is 2.22. The van der Waals surface area contributed by atoms with Crippen molar-refractivity contribution in [3.05, 3.63) is 47.7 Å². The lowest BCUT2D eigenvalue weighted by molar-refractivity contribution is -0.116. The van der Waals surface area contributed by atoms with Crippen molar-refractivity contribution in [3.8, 4) is 0 Å². The molecule has 1 amide bonds. The van der Waals surface area contributed by atoms with Crippen LogP contribution in [0.15, 0.2) is 36.5 Å². The van der Waals surface area contributed by atoms with Gasteiger partial charge in [-0.15, -0.1) is 0 Å². The Hall–Kier alpha value is -2.10. The smallest absolute Gasteiger partial charge is 0.225 e. The van der Waals surface area contributed by atoms with Gasteiger partial charge in [-0.1, -0.05) is 45.0 Å². The number of nitrogens with one attached hydrogen (secondary N) is 1. The predicted octanol–water partition coefficient (Wildman–Crippen LogP) is 3.29. The molecule has 0 saturated carbocycles. The van der Waals surface area contributed by atoms with E-state index in [2.05, 4.69) is 55.5 Å². The van der Waals surface area contributed by atoms with Gasteiger partial charge in [0.15, 0.2) is 0 Å². The summed E-state index contributed by atoms with van der Waals surface area (Å²) in [6, 6.07) is 10.3. The van der Waals surface area contributed by atoms with Crippen LogP contribution in [0.3, 0.4) is 0 Å². The molecule has 0 fully saturated rings. The highest BCUT2D eigenvalue weighted by molar-refractivity contribution is 5.89. The zero-order chi connectivity index (χ0) is 15.5. The molecule has 0 aliphatic heterocycles. The highest BCUT2D eigenvalue weighted by Gasteiger charge is 2.13. The van der Waals surface area contributed by atoms with Gasteiger partial charge in [-0.25, -0.2) is 0 Å². The van der Waals surface area contributed by atoms with Gasteiger partial charge < -0.3 is 5.32 Å². The number of carbonyl (C=O) groups is 1. The van der Waals surface area contributed by atoms with Crippen molar-refractivity contribution < 1.29 is 4.79 Å². The summed E-state index contributed by atoms with van der Waals surface area (Å²) in [6.07, 6.45) is 2.88. The molecule has 0 aliphatic carbocycles. The molecule has 1 aromatic carbocycles. The van der Waals surface area contributed by atoms with Gasteiger partial charge in [0.2, 0.25) is 5.91 Å². The Morgan fingerprint density at radius 2 is 1.86 bits per heavy atom. The third-order valence-electron chi connectivity index (χ3n) is 3.55. The van der Waals surface area contributed by atoms with Gasteiger partial charge in [0.05, 0.1) is 6.20 Å². The lowest BCUT2D eigenvalue weighted by atomic mass is 9.86. The van der Waals surface area contributed by atoms with E-state index in [1.807, 2.05) is 0 Å². The number of anilines is 1. The van der Waals surface area contributed by atoms with Crippen molar-refractivity contribution in [3.63, 3.8) is 0 Å². The lowest BCUT2D eigenvalue weighted by Gasteiger charge is -2.19. The van der Waals surface area contributed by atoms with Crippen molar-refractivity contribution >= 4 is 11.7 Å². The average Bonchev–Trinajstić information content (AvgIpc) is 2.81. The molecule has 2 rings (SSSR count). The Morgan fingerprint density at radius 3 is 2.38 bits per heavy atom. The molecule has 1 aromatic heterocycles. The van der Waals surface area contributed by atoms with Crippen LogP contribution in [0.1, 0.15) is 38.3 Å². The number of aryl methyl sites for hydroxylation is 2. The molecule has 4 nitrogen and oxygen atoms in total. The maximum Gasteiger partial charge on any atom is 0.225 e. The van der Waals surface area contributed by atoms with Gasteiger partial charge in [0, 0.05) is 19.5 Å². The molecule has 0 saturated heterocycles. The van der Waals surface area contributed by atoms with Gasteiger partial charge in [0.25, 0.3) is 0 Å². The number of amides is 1. The zero-order valence-corrected chi connectivity index (χ0v) is 13.2. The number of hydrogen-bond acceptors (Lipinski definition) is 2. The first-order chi connectivity index (χ1) is 9.86. The second-order valence-corrected chi connectivity index (χ2v) is 6.34. The number of nitrogens with zero attached hydrogens (tertiary/aromatic N) is 2. The summed E-state index contributed by atoms with van der Waals surface area (Å²) in [6.45, 7) is 6.59. The van der Waals surface area contributed by atoms with Crippen LogP contribution in [0.5, 0.6) is 0 Å². The fourth-order valence-electron chi connectivity index (χ4n) is 2.13. The van der Waals surface area contributed by atoms with Crippen molar-refractivity contribution in [2.24, 2.45) is 7.05 Å². The Balaban J connectivity index is 1.88. The molecule has 4 heteroatoms. The van der Waals surface area contributed by atoms with Gasteiger partial charge in [-0.2, -0.15) is 5.10 Å². The van der Waals surface area contributed by atoms with E-state index in [1.165, 1.54) is 11.1 Å². The van der Waals surface area contributed by atoms with Gasteiger partial charge in [0.1, 0.15) is 5.82 Å². The highest BCUT2D eigenvalue weighted by atomic mass is 16.1. The molecule has 21 heavy (non-hydrogen) atoms. The molecular weight excluding hydrogens is 262 g/mol. The summed E-state index contributed by atoms with van der Waals surface area (Å²) >= 11 is 0. The summed E-state index contributed by atoms with van der Waals surface area (Å²) in [5, 5.41) is 6.88. The minimum absolute atomic E-state index is 0.0125. The van der Waals surface area contributed by atoms with Gasteiger partial charge in [-0.3, -0.25) is 9.48 Å². The van der Waals surface area contributed by atoms with E-state index in [4.69, 9.17) is 0 Å². The minimum Gasteiger partial charge on any atom is -0.311 e. The molecule has 0 bridgehead atoms. The Labute approximate surface area is 126 Å². The van der Waals surface area contributed by atoms with E-state index in [-0.39, 0.29) is 11.3 Å². The molecule has 1 heterocycles. The number of aromatic nitrogens is 2. The van der Waals surface area contributed by atoms with E-state index in [0.29, 0.717) is 6.42 Å². The van der Waals surface area contributed by atoms with Crippen LogP contribution in [0.4, 0.5) is 5.82 Å². The van der Waals surface area contributed by atoms with Crippen LogP contribution >= 0.6 is 0 Å². The second-order valence-electron chi connectivity index (χ2n) is 6.34. The normalized spacial score (nSPS) is 11.4. The van der Waals surface area contributed by atoms with Crippen molar-refractivity contribution in [1.29, 1.82) is 0 Å². The number of hydrogen-bond donors (Lipinski definition) is 1. The molecule has 0 aliphatic rings.